The zero-order chi connectivity index (χ0) is 14.8. The number of methoxy groups -OCH3 is 1. The number of carbonyl (C=O) groups is 1. The smallest absolute Gasteiger partial charge is 0.304 e. The molecule has 1 amide bonds. The van der Waals surface area contributed by atoms with E-state index in [1.54, 1.807) is 0 Å². The van der Waals surface area contributed by atoms with Gasteiger partial charge in [-0.05, 0) is 23.3 Å². The third-order valence-corrected chi connectivity index (χ3v) is 3.29. The van der Waals surface area contributed by atoms with Crippen molar-refractivity contribution in [1.29, 1.82) is 0 Å². The fourth-order valence-electron chi connectivity index (χ4n) is 2.30. The van der Waals surface area contributed by atoms with Crippen molar-refractivity contribution < 1.29 is 13.9 Å². The average molecular weight is 282 g/mol. The highest BCUT2D eigenvalue weighted by Gasteiger charge is 2.21. The van der Waals surface area contributed by atoms with E-state index >= 15 is 0 Å². The molecular weight excluding hydrogens is 268 g/mol. The van der Waals surface area contributed by atoms with Crippen LogP contribution in [0.25, 0.3) is 22.1 Å². The van der Waals surface area contributed by atoms with Crippen LogP contribution < -0.4 is 16.0 Å². The quantitative estimate of drug-likeness (QED) is 0.440. The highest BCUT2D eigenvalue weighted by Crippen LogP contribution is 2.35. The third kappa shape index (κ3) is 2.23. The maximum absolute atomic E-state index is 11.7. The van der Waals surface area contributed by atoms with Crippen molar-refractivity contribution in [2.45, 2.75) is 0 Å². The minimum Gasteiger partial charge on any atom is -0.492 e. The highest BCUT2D eigenvalue weighted by molar-refractivity contribution is 6.02. The number of rotatable bonds is 3. The predicted molar refractivity (Wildman–Crippen MR) is 79.9 cm³/mol. The molecule has 0 unspecified atom stereocenters. The second-order valence-corrected chi connectivity index (χ2v) is 4.51. The summed E-state index contributed by atoms with van der Waals surface area (Å²) < 4.78 is 10.8. The van der Waals surface area contributed by atoms with Crippen molar-refractivity contribution >= 4 is 16.9 Å². The minimum atomic E-state index is -0.524. The van der Waals surface area contributed by atoms with Gasteiger partial charge in [0, 0.05) is 0 Å². The van der Waals surface area contributed by atoms with Gasteiger partial charge in [0.1, 0.15) is 5.58 Å². The highest BCUT2D eigenvalue weighted by atomic mass is 16.5. The van der Waals surface area contributed by atoms with Gasteiger partial charge in [0.2, 0.25) is 5.76 Å². The molecule has 21 heavy (non-hydrogen) atoms. The molecule has 0 aliphatic rings. The number of ether oxygens (including phenoxy) is 1. The number of hydrazine groups is 1. The Balaban J connectivity index is 2.19. The summed E-state index contributed by atoms with van der Waals surface area (Å²) in [5, 5.41) is 0.734. The lowest BCUT2D eigenvalue weighted by Crippen LogP contribution is -2.29. The topological polar surface area (TPSA) is 77.5 Å². The van der Waals surface area contributed by atoms with E-state index < -0.39 is 5.91 Å². The van der Waals surface area contributed by atoms with Gasteiger partial charge in [-0.2, -0.15) is 0 Å². The second kappa shape index (κ2) is 5.30. The first-order valence-electron chi connectivity index (χ1n) is 6.41. The molecule has 0 atom stereocenters. The molecule has 0 aliphatic heterocycles. The van der Waals surface area contributed by atoms with Crippen LogP contribution in [0.1, 0.15) is 10.6 Å². The first-order chi connectivity index (χ1) is 10.2. The molecule has 5 heteroatoms. The molecule has 1 heterocycles. The molecule has 0 spiro atoms. The van der Waals surface area contributed by atoms with Crippen LogP contribution in [-0.2, 0) is 0 Å². The third-order valence-electron chi connectivity index (χ3n) is 3.29. The summed E-state index contributed by atoms with van der Waals surface area (Å²) >= 11 is 0. The Morgan fingerprint density at radius 1 is 1.14 bits per heavy atom. The summed E-state index contributed by atoms with van der Waals surface area (Å²) in [5.74, 6) is 5.08. The van der Waals surface area contributed by atoms with E-state index in [9.17, 15) is 4.79 Å². The monoisotopic (exact) mass is 282 g/mol. The first-order valence-corrected chi connectivity index (χ1v) is 6.41. The summed E-state index contributed by atoms with van der Waals surface area (Å²) in [7, 11) is 1.49. The molecule has 3 N–H and O–H groups in total. The molecule has 0 fully saturated rings. The van der Waals surface area contributed by atoms with Crippen LogP contribution >= 0.6 is 0 Å². The van der Waals surface area contributed by atoms with Crippen LogP contribution in [0.3, 0.4) is 0 Å². The van der Waals surface area contributed by atoms with Gasteiger partial charge in [0.15, 0.2) is 5.75 Å². The molecule has 0 saturated heterocycles. The molecule has 5 nitrogen and oxygen atoms in total. The van der Waals surface area contributed by atoms with E-state index in [1.807, 2.05) is 48.5 Å². The number of benzene rings is 2. The number of nitrogens with two attached hydrogens (primary N) is 1. The molecule has 1 aromatic heterocycles. The molecule has 0 saturated carbocycles. The van der Waals surface area contributed by atoms with Gasteiger partial charge in [0.25, 0.3) is 0 Å². The zero-order valence-electron chi connectivity index (χ0n) is 11.4. The Bertz CT molecular complexity index is 794. The summed E-state index contributed by atoms with van der Waals surface area (Å²) in [6.07, 6.45) is 0. The summed E-state index contributed by atoms with van der Waals surface area (Å²) in [6.45, 7) is 0. The number of amides is 1. The first kappa shape index (κ1) is 13.2. The normalized spacial score (nSPS) is 10.6. The molecule has 3 rings (SSSR count). The molecule has 106 valence electrons. The molecule has 0 aliphatic carbocycles. The maximum Gasteiger partial charge on any atom is 0.304 e. The van der Waals surface area contributed by atoms with E-state index in [4.69, 9.17) is 15.0 Å². The lowest BCUT2D eigenvalue weighted by atomic mass is 10.0. The Morgan fingerprint density at radius 3 is 2.57 bits per heavy atom. The standard InChI is InChI=1S/C16H14N2O3/c1-20-14-12-9-11(10-5-3-2-4-6-10)7-8-13(12)21-15(14)16(19)18-17/h2-9H,17H2,1H3,(H,18,19). The largest absolute Gasteiger partial charge is 0.492 e. The van der Waals surface area contributed by atoms with Gasteiger partial charge in [-0.1, -0.05) is 36.4 Å². The van der Waals surface area contributed by atoms with Crippen molar-refractivity contribution in [3.63, 3.8) is 0 Å². The van der Waals surface area contributed by atoms with Crippen molar-refractivity contribution in [2.75, 3.05) is 7.11 Å². The fraction of sp³-hybridized carbons (Fsp3) is 0.0625. The number of hydrogen-bond donors (Lipinski definition) is 2. The Hall–Kier alpha value is -2.79. The second-order valence-electron chi connectivity index (χ2n) is 4.51. The van der Waals surface area contributed by atoms with Gasteiger partial charge in [-0.25, -0.2) is 5.84 Å². The fourth-order valence-corrected chi connectivity index (χ4v) is 2.30. The number of furan rings is 1. The van der Waals surface area contributed by atoms with E-state index in [2.05, 4.69) is 5.43 Å². The number of nitrogen functional groups attached to an aromatic ring is 1. The SMILES string of the molecule is COc1c(C(=O)NN)oc2ccc(-c3ccccc3)cc12. The van der Waals surface area contributed by atoms with E-state index in [-0.39, 0.29) is 5.76 Å². The summed E-state index contributed by atoms with van der Waals surface area (Å²) in [6, 6.07) is 15.6. The van der Waals surface area contributed by atoms with Gasteiger partial charge >= 0.3 is 5.91 Å². The predicted octanol–water partition coefficient (Wildman–Crippen LogP) is 2.71. The zero-order valence-corrected chi connectivity index (χ0v) is 11.4. The van der Waals surface area contributed by atoms with Crippen LogP contribution in [-0.4, -0.2) is 13.0 Å². The average Bonchev–Trinajstić information content (AvgIpc) is 2.92. The van der Waals surface area contributed by atoms with Gasteiger partial charge in [-0.3, -0.25) is 10.2 Å². The molecule has 0 bridgehead atoms. The van der Waals surface area contributed by atoms with Crippen molar-refractivity contribution in [2.24, 2.45) is 5.84 Å². The molecule has 2 aromatic carbocycles. The van der Waals surface area contributed by atoms with Crippen molar-refractivity contribution in [3.8, 4) is 16.9 Å². The molecule has 3 aromatic rings. The lowest BCUT2D eigenvalue weighted by molar-refractivity contribution is 0.0924. The van der Waals surface area contributed by atoms with Crippen LogP contribution in [0, 0.1) is 0 Å². The minimum absolute atomic E-state index is 0.0696. The van der Waals surface area contributed by atoms with Crippen LogP contribution in [0.4, 0.5) is 0 Å². The molecule has 0 radical (unpaired) electrons. The number of nitrogens with one attached hydrogen (secondary N) is 1. The van der Waals surface area contributed by atoms with Crippen LogP contribution in [0.2, 0.25) is 0 Å². The summed E-state index contributed by atoms with van der Waals surface area (Å²) in [5.41, 5.74) is 4.72. The van der Waals surface area contributed by atoms with Crippen LogP contribution in [0.15, 0.2) is 52.9 Å². The van der Waals surface area contributed by atoms with E-state index in [1.165, 1.54) is 7.11 Å². The maximum atomic E-state index is 11.7. The van der Waals surface area contributed by atoms with Gasteiger partial charge in [-0.15, -0.1) is 0 Å². The van der Waals surface area contributed by atoms with Gasteiger partial charge in [0.05, 0.1) is 12.5 Å². The number of carbonyl (C=O) groups excluding carboxylic acids is 1. The van der Waals surface area contributed by atoms with Crippen molar-refractivity contribution in [1.82, 2.24) is 5.43 Å². The van der Waals surface area contributed by atoms with E-state index in [0.29, 0.717) is 11.3 Å². The van der Waals surface area contributed by atoms with Crippen molar-refractivity contribution in [3.05, 3.63) is 54.3 Å². The van der Waals surface area contributed by atoms with E-state index in [0.717, 1.165) is 16.5 Å². The number of hydrogen-bond acceptors (Lipinski definition) is 4. The number of fused-ring (bicyclic) bond motifs is 1. The van der Waals surface area contributed by atoms with Gasteiger partial charge < -0.3 is 9.15 Å². The molecular formula is C16H14N2O3. The Kier molecular flexibility index (Phi) is 3.33. The summed E-state index contributed by atoms with van der Waals surface area (Å²) in [4.78, 5) is 11.7. The lowest BCUT2D eigenvalue weighted by Gasteiger charge is -2.02. The Labute approximate surface area is 121 Å². The van der Waals surface area contributed by atoms with Crippen LogP contribution in [0.5, 0.6) is 5.75 Å². The Morgan fingerprint density at radius 2 is 1.90 bits per heavy atom.